The number of ether oxygens (including phenoxy) is 1. The van der Waals surface area contributed by atoms with Crippen molar-refractivity contribution in [3.05, 3.63) is 47.7 Å². The molecule has 1 aromatic carbocycles. The van der Waals surface area contributed by atoms with Gasteiger partial charge in [0, 0.05) is 30.8 Å². The van der Waals surface area contributed by atoms with Crippen molar-refractivity contribution in [1.82, 2.24) is 9.62 Å². The number of amides is 1. The first-order valence-corrected chi connectivity index (χ1v) is 10.2. The van der Waals surface area contributed by atoms with Crippen molar-refractivity contribution >= 4 is 15.9 Å². The van der Waals surface area contributed by atoms with Gasteiger partial charge in [-0.15, -0.1) is 0 Å². The van der Waals surface area contributed by atoms with Gasteiger partial charge in [-0.25, -0.2) is 8.42 Å². The molecule has 0 radical (unpaired) electrons. The molecule has 1 aromatic heterocycles. The number of hydrogen-bond donors (Lipinski definition) is 1. The Morgan fingerprint density at radius 1 is 1.23 bits per heavy atom. The van der Waals surface area contributed by atoms with Crippen molar-refractivity contribution in [3.63, 3.8) is 0 Å². The quantitative estimate of drug-likeness (QED) is 0.855. The molecule has 2 heterocycles. The summed E-state index contributed by atoms with van der Waals surface area (Å²) in [6, 6.07) is 10.9. The van der Waals surface area contributed by atoms with E-state index in [0.717, 1.165) is 17.1 Å². The van der Waals surface area contributed by atoms with Crippen LogP contribution in [0.25, 0.3) is 11.3 Å². The van der Waals surface area contributed by atoms with E-state index in [1.165, 1.54) is 10.6 Å². The van der Waals surface area contributed by atoms with Crippen LogP contribution in [0.15, 0.2) is 40.8 Å². The number of morpholine rings is 1. The second kappa shape index (κ2) is 7.61. The molecule has 1 unspecified atom stereocenters. The number of hydrogen-bond acceptors (Lipinski definition) is 5. The Kier molecular flexibility index (Phi) is 5.45. The maximum absolute atomic E-state index is 12.3. The van der Waals surface area contributed by atoms with E-state index in [9.17, 15) is 13.2 Å². The van der Waals surface area contributed by atoms with Gasteiger partial charge in [-0.05, 0) is 31.2 Å². The van der Waals surface area contributed by atoms with Gasteiger partial charge in [0.25, 0.3) is 5.91 Å². The summed E-state index contributed by atoms with van der Waals surface area (Å²) >= 11 is 0. The van der Waals surface area contributed by atoms with Crippen molar-refractivity contribution in [2.75, 3.05) is 32.5 Å². The molecular formula is C18H22N2O5S. The van der Waals surface area contributed by atoms with Crippen LogP contribution in [0, 0.1) is 6.92 Å². The van der Waals surface area contributed by atoms with Gasteiger partial charge in [0.2, 0.25) is 10.0 Å². The molecule has 1 saturated heterocycles. The summed E-state index contributed by atoms with van der Waals surface area (Å²) in [6.07, 6.45) is 0.823. The number of nitrogens with one attached hydrogen (secondary N) is 1. The van der Waals surface area contributed by atoms with Gasteiger partial charge in [0.05, 0.1) is 19.0 Å². The Bertz CT molecular complexity index is 873. The number of aryl methyl sites for hydroxylation is 1. The molecule has 1 amide bonds. The number of furan rings is 1. The van der Waals surface area contributed by atoms with Crippen LogP contribution in [0.4, 0.5) is 0 Å². The second-order valence-electron chi connectivity index (χ2n) is 6.31. The highest BCUT2D eigenvalue weighted by Gasteiger charge is 2.26. The minimum absolute atomic E-state index is 0.229. The molecule has 1 aliphatic rings. The lowest BCUT2D eigenvalue weighted by Gasteiger charge is -2.31. The monoisotopic (exact) mass is 378 g/mol. The average Bonchev–Trinajstić information content (AvgIpc) is 3.06. The second-order valence-corrected chi connectivity index (χ2v) is 8.29. The van der Waals surface area contributed by atoms with Gasteiger partial charge in [-0.3, -0.25) is 4.79 Å². The number of sulfonamides is 1. The molecule has 0 spiro atoms. The predicted octanol–water partition coefficient (Wildman–Crippen LogP) is 1.65. The highest BCUT2D eigenvalue weighted by Crippen LogP contribution is 2.22. The summed E-state index contributed by atoms with van der Waals surface area (Å²) < 4.78 is 35.7. The fourth-order valence-electron chi connectivity index (χ4n) is 2.80. The van der Waals surface area contributed by atoms with E-state index in [1.54, 1.807) is 12.1 Å². The lowest BCUT2D eigenvalue weighted by atomic mass is 10.1. The fourth-order valence-corrected chi connectivity index (χ4v) is 3.64. The van der Waals surface area contributed by atoms with Gasteiger partial charge in [-0.1, -0.05) is 12.1 Å². The van der Waals surface area contributed by atoms with E-state index in [2.05, 4.69) is 5.32 Å². The van der Waals surface area contributed by atoms with Crippen LogP contribution < -0.4 is 5.32 Å². The van der Waals surface area contributed by atoms with Gasteiger partial charge in [0.15, 0.2) is 0 Å². The third kappa shape index (κ3) is 4.51. The number of rotatable bonds is 5. The van der Waals surface area contributed by atoms with E-state index in [1.807, 2.05) is 31.2 Å². The van der Waals surface area contributed by atoms with Crippen LogP contribution >= 0.6 is 0 Å². The zero-order valence-corrected chi connectivity index (χ0v) is 15.6. The predicted molar refractivity (Wildman–Crippen MR) is 97.4 cm³/mol. The lowest BCUT2D eigenvalue weighted by Crippen LogP contribution is -2.49. The minimum atomic E-state index is -3.25. The smallest absolute Gasteiger partial charge is 0.251 e. The molecule has 1 fully saturated rings. The summed E-state index contributed by atoms with van der Waals surface area (Å²) in [7, 11) is -3.25. The highest BCUT2D eigenvalue weighted by atomic mass is 32.2. The third-order valence-electron chi connectivity index (χ3n) is 4.23. The molecule has 7 nitrogen and oxygen atoms in total. The molecule has 1 aliphatic heterocycles. The van der Waals surface area contributed by atoms with Crippen LogP contribution in [-0.2, 0) is 14.8 Å². The van der Waals surface area contributed by atoms with E-state index in [0.29, 0.717) is 18.7 Å². The highest BCUT2D eigenvalue weighted by molar-refractivity contribution is 7.88. The van der Waals surface area contributed by atoms with E-state index < -0.39 is 10.0 Å². The summed E-state index contributed by atoms with van der Waals surface area (Å²) in [5, 5.41) is 2.80. The first-order valence-electron chi connectivity index (χ1n) is 8.35. The molecule has 3 rings (SSSR count). The SMILES string of the molecule is Cc1ccc(-c2ccc(C(=O)NCC3CN(S(C)(=O)=O)CCO3)cc2)o1. The van der Waals surface area contributed by atoms with Crippen molar-refractivity contribution in [1.29, 1.82) is 0 Å². The molecule has 26 heavy (non-hydrogen) atoms. The van der Waals surface area contributed by atoms with Crippen LogP contribution in [0.3, 0.4) is 0 Å². The molecule has 8 heteroatoms. The summed E-state index contributed by atoms with van der Waals surface area (Å²) in [5.41, 5.74) is 1.42. The molecule has 2 aromatic rings. The normalized spacial score (nSPS) is 18.6. The van der Waals surface area contributed by atoms with Crippen molar-refractivity contribution in [2.24, 2.45) is 0 Å². The van der Waals surface area contributed by atoms with Crippen LogP contribution in [0.1, 0.15) is 16.1 Å². The van der Waals surface area contributed by atoms with Crippen molar-refractivity contribution in [3.8, 4) is 11.3 Å². The molecule has 1 atom stereocenters. The topological polar surface area (TPSA) is 88.9 Å². The first kappa shape index (κ1) is 18.6. The molecule has 0 aliphatic carbocycles. The zero-order valence-electron chi connectivity index (χ0n) is 14.8. The Morgan fingerprint density at radius 2 is 1.96 bits per heavy atom. The minimum Gasteiger partial charge on any atom is -0.461 e. The Balaban J connectivity index is 1.56. The van der Waals surface area contributed by atoms with E-state index in [-0.39, 0.29) is 25.1 Å². The van der Waals surface area contributed by atoms with Gasteiger partial charge in [-0.2, -0.15) is 4.31 Å². The lowest BCUT2D eigenvalue weighted by molar-refractivity contribution is 0.000438. The summed E-state index contributed by atoms with van der Waals surface area (Å²) in [4.78, 5) is 12.3. The molecule has 1 N–H and O–H groups in total. The molecular weight excluding hydrogens is 356 g/mol. The number of carbonyl (C=O) groups is 1. The van der Waals surface area contributed by atoms with Crippen molar-refractivity contribution < 1.29 is 22.4 Å². The third-order valence-corrected chi connectivity index (χ3v) is 5.50. The van der Waals surface area contributed by atoms with E-state index >= 15 is 0 Å². The Hall–Kier alpha value is -2.16. The number of benzene rings is 1. The van der Waals surface area contributed by atoms with Crippen molar-refractivity contribution in [2.45, 2.75) is 13.0 Å². The Labute approximate surface area is 153 Å². The fraction of sp³-hybridized carbons (Fsp3) is 0.389. The first-order chi connectivity index (χ1) is 12.3. The van der Waals surface area contributed by atoms with Crippen LogP contribution in [-0.4, -0.2) is 57.2 Å². The van der Waals surface area contributed by atoms with E-state index in [4.69, 9.17) is 9.15 Å². The molecule has 0 bridgehead atoms. The summed E-state index contributed by atoms with van der Waals surface area (Å²) in [5.74, 6) is 1.36. The average molecular weight is 378 g/mol. The standard InChI is InChI=1S/C18H22N2O5S/c1-13-3-8-17(25-13)14-4-6-15(7-5-14)18(21)19-11-16-12-20(9-10-24-16)26(2,22)23/h3-8,16H,9-12H2,1-2H3,(H,19,21). The Morgan fingerprint density at radius 3 is 2.58 bits per heavy atom. The largest absolute Gasteiger partial charge is 0.461 e. The summed E-state index contributed by atoms with van der Waals surface area (Å²) in [6.45, 7) is 3.05. The number of nitrogens with zero attached hydrogens (tertiary/aromatic N) is 1. The van der Waals surface area contributed by atoms with Gasteiger partial charge >= 0.3 is 0 Å². The van der Waals surface area contributed by atoms with Crippen LogP contribution in [0.5, 0.6) is 0 Å². The van der Waals surface area contributed by atoms with Crippen LogP contribution in [0.2, 0.25) is 0 Å². The maximum atomic E-state index is 12.3. The number of carbonyl (C=O) groups excluding carboxylic acids is 1. The molecule has 140 valence electrons. The van der Waals surface area contributed by atoms with Gasteiger partial charge < -0.3 is 14.5 Å². The molecule has 0 saturated carbocycles. The van der Waals surface area contributed by atoms with Gasteiger partial charge in [0.1, 0.15) is 11.5 Å². The zero-order chi connectivity index (χ0) is 18.7. The maximum Gasteiger partial charge on any atom is 0.251 e.